The highest BCUT2D eigenvalue weighted by Crippen LogP contribution is 2.20. The van der Waals surface area contributed by atoms with Gasteiger partial charge in [-0.2, -0.15) is 0 Å². The van der Waals surface area contributed by atoms with E-state index < -0.39 is 0 Å². The summed E-state index contributed by atoms with van der Waals surface area (Å²) in [4.78, 5) is 2.12. The number of nitrogens with zero attached hydrogens (tertiary/aromatic N) is 1. The van der Waals surface area contributed by atoms with Gasteiger partial charge < -0.3 is 10.2 Å². The molecular weight excluding hydrogens is 239 g/mol. The number of halogens is 1. The highest BCUT2D eigenvalue weighted by Gasteiger charge is 2.15. The van der Waals surface area contributed by atoms with Gasteiger partial charge in [0.1, 0.15) is 5.82 Å². The van der Waals surface area contributed by atoms with Gasteiger partial charge >= 0.3 is 0 Å². The van der Waals surface area contributed by atoms with E-state index in [2.05, 4.69) is 10.2 Å². The Kier molecular flexibility index (Phi) is 4.53. The molecule has 0 spiro atoms. The topological polar surface area (TPSA) is 15.3 Å². The van der Waals surface area contributed by atoms with Gasteiger partial charge in [0.2, 0.25) is 0 Å². The van der Waals surface area contributed by atoms with Crippen molar-refractivity contribution in [3.8, 4) is 0 Å². The molecule has 19 heavy (non-hydrogen) atoms. The van der Waals surface area contributed by atoms with Gasteiger partial charge in [-0.1, -0.05) is 36.4 Å². The van der Waals surface area contributed by atoms with Crippen LogP contribution in [-0.4, -0.2) is 20.6 Å². The summed E-state index contributed by atoms with van der Waals surface area (Å²) in [7, 11) is 3.87. The molecule has 1 atom stereocenters. The van der Waals surface area contributed by atoms with Crippen LogP contribution in [-0.2, 0) is 0 Å². The van der Waals surface area contributed by atoms with Gasteiger partial charge in [0.05, 0.1) is 6.04 Å². The van der Waals surface area contributed by atoms with Crippen LogP contribution >= 0.6 is 0 Å². The Labute approximate surface area is 113 Å². The Morgan fingerprint density at radius 3 is 2.32 bits per heavy atom. The first-order chi connectivity index (χ1) is 9.22. The Hall–Kier alpha value is -1.87. The fraction of sp³-hybridized carbons (Fsp3) is 0.250. The van der Waals surface area contributed by atoms with E-state index in [0.29, 0.717) is 12.1 Å². The molecule has 0 aliphatic carbocycles. The van der Waals surface area contributed by atoms with Gasteiger partial charge in [-0.05, 0) is 25.2 Å². The summed E-state index contributed by atoms with van der Waals surface area (Å²) in [5.74, 6) is -0.164. The first-order valence-corrected chi connectivity index (χ1v) is 6.40. The number of hydrogen-bond donors (Lipinski definition) is 1. The van der Waals surface area contributed by atoms with Crippen molar-refractivity contribution in [2.75, 3.05) is 25.5 Å². The zero-order valence-corrected chi connectivity index (χ0v) is 11.3. The number of nitrogens with one attached hydrogen (secondary N) is 1. The van der Waals surface area contributed by atoms with Crippen molar-refractivity contribution in [3.05, 3.63) is 66.0 Å². The molecule has 0 bridgehead atoms. The van der Waals surface area contributed by atoms with E-state index >= 15 is 0 Å². The monoisotopic (exact) mass is 258 g/mol. The summed E-state index contributed by atoms with van der Waals surface area (Å²) >= 11 is 0. The van der Waals surface area contributed by atoms with Gasteiger partial charge in [0, 0.05) is 24.8 Å². The van der Waals surface area contributed by atoms with E-state index in [1.807, 2.05) is 56.6 Å². The van der Waals surface area contributed by atoms with Crippen molar-refractivity contribution in [2.45, 2.75) is 6.04 Å². The van der Waals surface area contributed by atoms with Crippen LogP contribution < -0.4 is 10.2 Å². The quantitative estimate of drug-likeness (QED) is 0.886. The van der Waals surface area contributed by atoms with Crippen LogP contribution in [0.15, 0.2) is 54.6 Å². The average Bonchev–Trinajstić information content (AvgIpc) is 2.46. The van der Waals surface area contributed by atoms with E-state index in [9.17, 15) is 4.39 Å². The molecule has 2 rings (SSSR count). The second kappa shape index (κ2) is 6.34. The fourth-order valence-corrected chi connectivity index (χ4v) is 2.16. The lowest BCUT2D eigenvalue weighted by Gasteiger charge is -2.26. The molecule has 3 heteroatoms. The largest absolute Gasteiger partial charge is 0.373 e. The number of benzene rings is 2. The molecule has 0 amide bonds. The third-order valence-electron chi connectivity index (χ3n) is 3.28. The van der Waals surface area contributed by atoms with Crippen LogP contribution in [0.2, 0.25) is 0 Å². The fourth-order valence-electron chi connectivity index (χ4n) is 2.16. The molecule has 1 unspecified atom stereocenters. The molecule has 0 saturated carbocycles. The van der Waals surface area contributed by atoms with Crippen molar-refractivity contribution in [1.29, 1.82) is 0 Å². The summed E-state index contributed by atoms with van der Waals surface area (Å²) in [5, 5.41) is 3.18. The zero-order valence-electron chi connectivity index (χ0n) is 11.3. The highest BCUT2D eigenvalue weighted by atomic mass is 19.1. The molecule has 0 aliphatic heterocycles. The standard InChI is InChI=1S/C16H19FN2/c1-18-16(14-10-6-7-11-15(14)17)12-19(2)13-8-4-3-5-9-13/h3-11,16,18H,12H2,1-2H3. The second-order valence-corrected chi connectivity index (χ2v) is 4.58. The van der Waals surface area contributed by atoms with Crippen LogP contribution in [0.1, 0.15) is 11.6 Å². The summed E-state index contributed by atoms with van der Waals surface area (Å²) in [6.07, 6.45) is 0. The molecular formula is C16H19FN2. The van der Waals surface area contributed by atoms with E-state index in [1.54, 1.807) is 6.07 Å². The van der Waals surface area contributed by atoms with E-state index in [4.69, 9.17) is 0 Å². The van der Waals surface area contributed by atoms with Crippen molar-refractivity contribution in [1.82, 2.24) is 5.32 Å². The van der Waals surface area contributed by atoms with Crippen molar-refractivity contribution >= 4 is 5.69 Å². The van der Waals surface area contributed by atoms with Gasteiger partial charge in [0.15, 0.2) is 0 Å². The molecule has 0 aromatic heterocycles. The lowest BCUT2D eigenvalue weighted by Crippen LogP contribution is -2.31. The van der Waals surface area contributed by atoms with Crippen molar-refractivity contribution in [3.63, 3.8) is 0 Å². The normalized spacial score (nSPS) is 12.2. The minimum Gasteiger partial charge on any atom is -0.373 e. The Bertz CT molecular complexity index is 513. The van der Waals surface area contributed by atoms with Gasteiger partial charge in [-0.15, -0.1) is 0 Å². The minimum atomic E-state index is -0.164. The lowest BCUT2D eigenvalue weighted by molar-refractivity contribution is 0.535. The third-order valence-corrected chi connectivity index (χ3v) is 3.28. The van der Waals surface area contributed by atoms with Crippen LogP contribution in [0.4, 0.5) is 10.1 Å². The van der Waals surface area contributed by atoms with E-state index in [1.165, 1.54) is 6.07 Å². The smallest absolute Gasteiger partial charge is 0.128 e. The summed E-state index contributed by atoms with van der Waals surface area (Å²) in [6.45, 7) is 0.710. The summed E-state index contributed by atoms with van der Waals surface area (Å²) in [6, 6.07) is 17.0. The van der Waals surface area contributed by atoms with Crippen molar-refractivity contribution < 1.29 is 4.39 Å². The summed E-state index contributed by atoms with van der Waals surface area (Å²) < 4.78 is 13.8. The van der Waals surface area contributed by atoms with Gasteiger partial charge in [-0.25, -0.2) is 4.39 Å². The maximum absolute atomic E-state index is 13.8. The Balaban J connectivity index is 2.14. The highest BCUT2D eigenvalue weighted by molar-refractivity contribution is 5.45. The third kappa shape index (κ3) is 3.32. The molecule has 0 saturated heterocycles. The zero-order chi connectivity index (χ0) is 13.7. The number of anilines is 1. The van der Waals surface area contributed by atoms with Crippen LogP contribution in [0.3, 0.4) is 0 Å². The molecule has 100 valence electrons. The first-order valence-electron chi connectivity index (χ1n) is 6.40. The first kappa shape index (κ1) is 13.6. The Morgan fingerprint density at radius 1 is 1.05 bits per heavy atom. The molecule has 2 nitrogen and oxygen atoms in total. The maximum atomic E-state index is 13.8. The number of likely N-dealkylation sites (N-methyl/N-ethyl adjacent to an activating group) is 2. The number of para-hydroxylation sites is 1. The second-order valence-electron chi connectivity index (χ2n) is 4.58. The predicted molar refractivity (Wildman–Crippen MR) is 77.9 cm³/mol. The molecule has 0 heterocycles. The van der Waals surface area contributed by atoms with Gasteiger partial charge in [0.25, 0.3) is 0 Å². The predicted octanol–water partition coefficient (Wildman–Crippen LogP) is 3.22. The van der Waals surface area contributed by atoms with Crippen molar-refractivity contribution in [2.24, 2.45) is 0 Å². The van der Waals surface area contributed by atoms with E-state index in [-0.39, 0.29) is 11.9 Å². The Morgan fingerprint density at radius 2 is 1.68 bits per heavy atom. The van der Waals surface area contributed by atoms with Gasteiger partial charge in [-0.3, -0.25) is 0 Å². The lowest BCUT2D eigenvalue weighted by atomic mass is 10.1. The van der Waals surface area contributed by atoms with Crippen LogP contribution in [0, 0.1) is 5.82 Å². The molecule has 1 N–H and O–H groups in total. The molecule has 0 radical (unpaired) electrons. The number of hydrogen-bond acceptors (Lipinski definition) is 2. The molecule has 0 fully saturated rings. The average molecular weight is 258 g/mol. The molecule has 2 aromatic rings. The van der Waals surface area contributed by atoms with Crippen LogP contribution in [0.25, 0.3) is 0 Å². The molecule has 2 aromatic carbocycles. The molecule has 0 aliphatic rings. The minimum absolute atomic E-state index is 0.0357. The summed E-state index contributed by atoms with van der Waals surface area (Å²) in [5.41, 5.74) is 1.83. The number of rotatable bonds is 5. The maximum Gasteiger partial charge on any atom is 0.128 e. The van der Waals surface area contributed by atoms with Crippen LogP contribution in [0.5, 0.6) is 0 Å². The SMILES string of the molecule is CNC(CN(C)c1ccccc1)c1ccccc1F. The van der Waals surface area contributed by atoms with E-state index in [0.717, 1.165) is 5.69 Å².